The Bertz CT molecular complexity index is 1090. The van der Waals surface area contributed by atoms with E-state index in [0.29, 0.717) is 5.56 Å². The minimum Gasteiger partial charge on any atom is -0.493 e. The summed E-state index contributed by atoms with van der Waals surface area (Å²) in [6, 6.07) is 19.8. The summed E-state index contributed by atoms with van der Waals surface area (Å²) in [5.41, 5.74) is 1.49. The maximum Gasteiger partial charge on any atom is 0.339 e. The lowest BCUT2D eigenvalue weighted by atomic mass is 10.1. The summed E-state index contributed by atoms with van der Waals surface area (Å²) in [7, 11) is -1.55. The summed E-state index contributed by atoms with van der Waals surface area (Å²) < 4.78 is 41.1. The van der Waals surface area contributed by atoms with Crippen LogP contribution in [0.15, 0.2) is 77.7 Å². The quantitative estimate of drug-likeness (QED) is 0.463. The lowest BCUT2D eigenvalue weighted by Gasteiger charge is -2.14. The summed E-state index contributed by atoms with van der Waals surface area (Å²) in [4.78, 5) is 11.7. The molecule has 0 unspecified atom stereocenters. The van der Waals surface area contributed by atoms with Gasteiger partial charge in [0.25, 0.3) is 0 Å². The van der Waals surface area contributed by atoms with E-state index >= 15 is 0 Å². The van der Waals surface area contributed by atoms with Crippen LogP contribution in [0.1, 0.15) is 10.4 Å². The van der Waals surface area contributed by atoms with Gasteiger partial charge in [-0.1, -0.05) is 48.5 Å². The highest BCUT2D eigenvalue weighted by Gasteiger charge is 2.23. The van der Waals surface area contributed by atoms with Crippen LogP contribution in [-0.4, -0.2) is 28.6 Å². The SMILES string of the molecule is COC(=O)c1ccc(OS(=O)(=O)c2ccccc2-c2ccccc2)c(OC)c1. The first kappa shape index (κ1) is 19.4. The highest BCUT2D eigenvalue weighted by atomic mass is 32.2. The lowest BCUT2D eigenvalue weighted by Crippen LogP contribution is -2.12. The standard InChI is InChI=1S/C21H18O6S/c1-25-19-14-16(21(22)26-2)12-13-18(19)27-28(23,24)20-11-7-6-10-17(20)15-8-4-3-5-9-15/h3-14H,1-2H3. The molecule has 0 aliphatic heterocycles. The van der Waals surface area contributed by atoms with Crippen LogP contribution >= 0.6 is 0 Å². The second-order valence-electron chi connectivity index (χ2n) is 5.76. The second-order valence-corrected chi connectivity index (χ2v) is 7.27. The average Bonchev–Trinajstić information content (AvgIpc) is 2.74. The van der Waals surface area contributed by atoms with Gasteiger partial charge in [0, 0.05) is 5.56 Å². The van der Waals surface area contributed by atoms with Crippen molar-refractivity contribution >= 4 is 16.1 Å². The van der Waals surface area contributed by atoms with Crippen molar-refractivity contribution in [1.82, 2.24) is 0 Å². The fourth-order valence-corrected chi connectivity index (χ4v) is 3.85. The fraction of sp³-hybridized carbons (Fsp3) is 0.0952. The van der Waals surface area contributed by atoms with Gasteiger partial charge in [0.05, 0.1) is 19.8 Å². The molecule has 0 aliphatic rings. The van der Waals surface area contributed by atoms with Crippen molar-refractivity contribution in [3.05, 3.63) is 78.4 Å². The number of rotatable bonds is 6. The highest BCUT2D eigenvalue weighted by molar-refractivity contribution is 7.87. The van der Waals surface area contributed by atoms with E-state index in [4.69, 9.17) is 8.92 Å². The number of esters is 1. The zero-order chi connectivity index (χ0) is 20.1. The molecule has 0 saturated carbocycles. The third-order valence-corrected chi connectivity index (χ3v) is 5.32. The van der Waals surface area contributed by atoms with Crippen LogP contribution in [0.3, 0.4) is 0 Å². The fourth-order valence-electron chi connectivity index (χ4n) is 2.69. The summed E-state index contributed by atoms with van der Waals surface area (Å²) in [6.45, 7) is 0. The predicted octanol–water partition coefficient (Wildman–Crippen LogP) is 3.92. The molecule has 0 aliphatic carbocycles. The van der Waals surface area contributed by atoms with E-state index in [1.165, 1.54) is 38.5 Å². The number of hydrogen-bond donors (Lipinski definition) is 0. The maximum absolute atomic E-state index is 13.0. The zero-order valence-corrected chi connectivity index (χ0v) is 16.1. The number of carbonyl (C=O) groups is 1. The molecule has 3 rings (SSSR count). The zero-order valence-electron chi connectivity index (χ0n) is 15.3. The first-order valence-corrected chi connectivity index (χ1v) is 9.72. The van der Waals surface area contributed by atoms with Crippen molar-refractivity contribution in [3.8, 4) is 22.6 Å². The smallest absolute Gasteiger partial charge is 0.339 e. The molecule has 0 amide bonds. The van der Waals surface area contributed by atoms with Gasteiger partial charge in [-0.15, -0.1) is 0 Å². The van der Waals surface area contributed by atoms with E-state index in [1.807, 2.05) is 30.3 Å². The van der Waals surface area contributed by atoms with Crippen LogP contribution in [0.4, 0.5) is 0 Å². The maximum atomic E-state index is 13.0. The third kappa shape index (κ3) is 3.99. The minimum atomic E-state index is -4.16. The van der Waals surface area contributed by atoms with Crippen molar-refractivity contribution in [1.29, 1.82) is 0 Å². The largest absolute Gasteiger partial charge is 0.493 e. The van der Waals surface area contributed by atoms with E-state index in [9.17, 15) is 13.2 Å². The van der Waals surface area contributed by atoms with Crippen molar-refractivity contribution in [3.63, 3.8) is 0 Å². The molecule has 28 heavy (non-hydrogen) atoms. The van der Waals surface area contributed by atoms with E-state index in [1.54, 1.807) is 18.2 Å². The van der Waals surface area contributed by atoms with Gasteiger partial charge in [0.15, 0.2) is 11.5 Å². The average molecular weight is 398 g/mol. The molecule has 0 spiro atoms. The summed E-state index contributed by atoms with van der Waals surface area (Å²) >= 11 is 0. The molecule has 0 aromatic heterocycles. The van der Waals surface area contributed by atoms with Crippen molar-refractivity contribution in [2.24, 2.45) is 0 Å². The van der Waals surface area contributed by atoms with Crippen molar-refractivity contribution < 1.29 is 26.9 Å². The van der Waals surface area contributed by atoms with Crippen LogP contribution in [0.25, 0.3) is 11.1 Å². The Balaban J connectivity index is 2.01. The lowest BCUT2D eigenvalue weighted by molar-refractivity contribution is 0.0600. The Morgan fingerprint density at radius 3 is 2.18 bits per heavy atom. The van der Waals surface area contributed by atoms with Crippen molar-refractivity contribution in [2.75, 3.05) is 14.2 Å². The van der Waals surface area contributed by atoms with Crippen LogP contribution < -0.4 is 8.92 Å². The van der Waals surface area contributed by atoms with Crippen LogP contribution in [0, 0.1) is 0 Å². The molecule has 3 aromatic rings. The third-order valence-electron chi connectivity index (χ3n) is 4.03. The van der Waals surface area contributed by atoms with Gasteiger partial charge < -0.3 is 13.7 Å². The Morgan fingerprint density at radius 2 is 1.50 bits per heavy atom. The molecule has 0 radical (unpaired) electrons. The first-order chi connectivity index (χ1) is 13.5. The number of methoxy groups -OCH3 is 2. The number of benzene rings is 3. The van der Waals surface area contributed by atoms with Gasteiger partial charge in [-0.05, 0) is 29.8 Å². The molecular formula is C21H18O6S. The van der Waals surface area contributed by atoms with Gasteiger partial charge in [0.1, 0.15) is 4.90 Å². The van der Waals surface area contributed by atoms with Gasteiger partial charge in [-0.25, -0.2) is 4.79 Å². The predicted molar refractivity (Wildman–Crippen MR) is 104 cm³/mol. The second kappa shape index (κ2) is 8.14. The van der Waals surface area contributed by atoms with Crippen LogP contribution in [0.5, 0.6) is 11.5 Å². The summed E-state index contributed by atoms with van der Waals surface area (Å²) in [5.74, 6) is -0.496. The molecule has 0 saturated heterocycles. The van der Waals surface area contributed by atoms with Crippen LogP contribution in [-0.2, 0) is 14.9 Å². The van der Waals surface area contributed by atoms with Gasteiger partial charge in [-0.3, -0.25) is 0 Å². The number of carbonyl (C=O) groups excluding carboxylic acids is 1. The van der Waals surface area contributed by atoms with E-state index in [2.05, 4.69) is 4.74 Å². The van der Waals surface area contributed by atoms with E-state index in [0.717, 1.165) is 5.56 Å². The molecule has 0 bridgehead atoms. The van der Waals surface area contributed by atoms with Gasteiger partial charge >= 0.3 is 16.1 Å². The minimum absolute atomic E-state index is 0.0281. The Hall–Kier alpha value is -3.32. The molecule has 0 heterocycles. The van der Waals surface area contributed by atoms with Gasteiger partial charge in [0.2, 0.25) is 0 Å². The Kier molecular flexibility index (Phi) is 5.65. The number of ether oxygens (including phenoxy) is 2. The molecule has 0 fully saturated rings. The highest BCUT2D eigenvalue weighted by Crippen LogP contribution is 2.34. The van der Waals surface area contributed by atoms with E-state index < -0.39 is 16.1 Å². The Labute approximate surface area is 163 Å². The molecule has 3 aromatic carbocycles. The van der Waals surface area contributed by atoms with E-state index in [-0.39, 0.29) is 22.0 Å². The van der Waals surface area contributed by atoms with Crippen molar-refractivity contribution in [2.45, 2.75) is 4.90 Å². The Morgan fingerprint density at radius 1 is 0.821 bits per heavy atom. The van der Waals surface area contributed by atoms with Crippen LogP contribution in [0.2, 0.25) is 0 Å². The summed E-state index contributed by atoms with van der Waals surface area (Å²) in [6.07, 6.45) is 0. The monoisotopic (exact) mass is 398 g/mol. The normalized spacial score (nSPS) is 10.9. The molecule has 7 heteroatoms. The first-order valence-electron chi connectivity index (χ1n) is 8.31. The molecule has 144 valence electrons. The molecule has 6 nitrogen and oxygen atoms in total. The van der Waals surface area contributed by atoms with Gasteiger partial charge in [-0.2, -0.15) is 8.42 Å². The number of hydrogen-bond acceptors (Lipinski definition) is 6. The molecular weight excluding hydrogens is 380 g/mol. The molecule has 0 N–H and O–H groups in total. The molecule has 0 atom stereocenters. The summed E-state index contributed by atoms with van der Waals surface area (Å²) in [5, 5.41) is 0. The topological polar surface area (TPSA) is 78.9 Å².